The topological polar surface area (TPSA) is 62.7 Å². The van der Waals surface area contributed by atoms with Crippen LogP contribution in [0.1, 0.15) is 50.2 Å². The maximum Gasteiger partial charge on any atom is 0.229 e. The molecule has 1 saturated carbocycles. The molecule has 2 rings (SSSR count). The minimum absolute atomic E-state index is 0.199. The zero-order chi connectivity index (χ0) is 10.7. The lowest BCUT2D eigenvalue weighted by molar-refractivity contribution is 0.350. The summed E-state index contributed by atoms with van der Waals surface area (Å²) >= 11 is 0. The van der Waals surface area contributed by atoms with Gasteiger partial charge in [0.15, 0.2) is 5.82 Å². The van der Waals surface area contributed by atoms with E-state index < -0.39 is 0 Å². The Morgan fingerprint density at radius 1 is 1.60 bits per heavy atom. The third kappa shape index (κ3) is 2.79. The second kappa shape index (κ2) is 4.43. The summed E-state index contributed by atoms with van der Waals surface area (Å²) in [6.07, 6.45) is 4.89. The summed E-state index contributed by atoms with van der Waals surface area (Å²) in [6, 6.07) is 2.13. The maximum atomic E-state index is 8.48. The van der Waals surface area contributed by atoms with E-state index in [4.69, 9.17) is 9.78 Å². The largest absolute Gasteiger partial charge is 0.339 e. The van der Waals surface area contributed by atoms with E-state index in [1.165, 1.54) is 12.8 Å². The van der Waals surface area contributed by atoms with Crippen LogP contribution in [-0.4, -0.2) is 10.1 Å². The normalized spacial score (nSPS) is 17.3. The van der Waals surface area contributed by atoms with Crippen molar-refractivity contribution in [1.82, 2.24) is 10.1 Å². The lowest BCUT2D eigenvalue weighted by Crippen LogP contribution is -1.95. The minimum Gasteiger partial charge on any atom is -0.339 e. The van der Waals surface area contributed by atoms with E-state index in [0.717, 1.165) is 24.6 Å². The van der Waals surface area contributed by atoms with Gasteiger partial charge in [-0.3, -0.25) is 0 Å². The van der Waals surface area contributed by atoms with Crippen molar-refractivity contribution in [2.75, 3.05) is 0 Å². The fourth-order valence-corrected chi connectivity index (χ4v) is 1.54. The lowest BCUT2D eigenvalue weighted by Gasteiger charge is -2.00. The Morgan fingerprint density at radius 2 is 2.40 bits per heavy atom. The summed E-state index contributed by atoms with van der Waals surface area (Å²) in [7, 11) is 0. The highest BCUT2D eigenvalue weighted by Gasteiger charge is 2.24. The molecule has 0 amide bonds. The van der Waals surface area contributed by atoms with Crippen LogP contribution in [0, 0.1) is 17.2 Å². The van der Waals surface area contributed by atoms with E-state index in [0.29, 0.717) is 12.3 Å². The Balaban J connectivity index is 1.90. The van der Waals surface area contributed by atoms with Crippen molar-refractivity contribution < 1.29 is 4.52 Å². The van der Waals surface area contributed by atoms with Gasteiger partial charge in [-0.05, 0) is 25.2 Å². The highest BCUT2D eigenvalue weighted by molar-refractivity contribution is 4.96. The first-order valence-electron chi connectivity index (χ1n) is 5.49. The minimum atomic E-state index is 0.199. The molecule has 1 heterocycles. The van der Waals surface area contributed by atoms with Gasteiger partial charge in [-0.25, -0.2) is 0 Å². The molecule has 0 aliphatic heterocycles. The zero-order valence-electron chi connectivity index (χ0n) is 8.94. The van der Waals surface area contributed by atoms with Crippen LogP contribution in [0.2, 0.25) is 0 Å². The molecule has 4 nitrogen and oxygen atoms in total. The van der Waals surface area contributed by atoms with Gasteiger partial charge in [0.2, 0.25) is 5.89 Å². The molecule has 0 spiro atoms. The number of nitriles is 1. The summed E-state index contributed by atoms with van der Waals surface area (Å²) < 4.78 is 5.18. The van der Waals surface area contributed by atoms with Gasteiger partial charge in [-0.1, -0.05) is 12.1 Å². The van der Waals surface area contributed by atoms with E-state index in [1.807, 2.05) is 6.92 Å². The number of aromatic nitrogens is 2. The molecule has 0 bridgehead atoms. The van der Waals surface area contributed by atoms with Crippen LogP contribution in [0.4, 0.5) is 0 Å². The quantitative estimate of drug-likeness (QED) is 0.740. The van der Waals surface area contributed by atoms with Crippen LogP contribution in [-0.2, 0) is 6.42 Å². The van der Waals surface area contributed by atoms with Crippen LogP contribution in [0.25, 0.3) is 0 Å². The standard InChI is InChI=1S/C11H15N3O/c1-8(3-2-6-12)11-13-10(14-15-11)7-9-4-5-9/h8-9H,2-5,7H2,1H3. The molecule has 0 radical (unpaired) electrons. The molecule has 0 N–H and O–H groups in total. The molecule has 15 heavy (non-hydrogen) atoms. The molecule has 80 valence electrons. The highest BCUT2D eigenvalue weighted by atomic mass is 16.5. The third-order valence-electron chi connectivity index (χ3n) is 2.76. The summed E-state index contributed by atoms with van der Waals surface area (Å²) in [5.74, 6) is 2.49. The van der Waals surface area contributed by atoms with Crippen LogP contribution < -0.4 is 0 Å². The second-order valence-corrected chi connectivity index (χ2v) is 4.29. The molecule has 1 aromatic heterocycles. The van der Waals surface area contributed by atoms with E-state index in [-0.39, 0.29) is 5.92 Å². The first-order valence-corrected chi connectivity index (χ1v) is 5.49. The molecule has 4 heteroatoms. The van der Waals surface area contributed by atoms with Crippen molar-refractivity contribution in [3.05, 3.63) is 11.7 Å². The summed E-state index contributed by atoms with van der Waals surface area (Å²) in [4.78, 5) is 4.36. The smallest absolute Gasteiger partial charge is 0.229 e. The Bertz CT molecular complexity index is 362. The van der Waals surface area contributed by atoms with Crippen molar-refractivity contribution in [2.45, 2.75) is 44.9 Å². The van der Waals surface area contributed by atoms with Gasteiger partial charge in [-0.2, -0.15) is 10.2 Å². The van der Waals surface area contributed by atoms with Crippen molar-refractivity contribution >= 4 is 0 Å². The van der Waals surface area contributed by atoms with E-state index in [2.05, 4.69) is 16.2 Å². The highest BCUT2D eigenvalue weighted by Crippen LogP contribution is 2.32. The zero-order valence-corrected chi connectivity index (χ0v) is 8.94. The van der Waals surface area contributed by atoms with Gasteiger partial charge >= 0.3 is 0 Å². The molecule has 1 aliphatic rings. The Kier molecular flexibility index (Phi) is 3.00. The SMILES string of the molecule is CC(CCC#N)c1nc(CC2CC2)no1. The van der Waals surface area contributed by atoms with Crippen molar-refractivity contribution in [3.63, 3.8) is 0 Å². The van der Waals surface area contributed by atoms with E-state index in [1.54, 1.807) is 0 Å². The molecule has 0 aromatic carbocycles. The van der Waals surface area contributed by atoms with Crippen LogP contribution in [0.15, 0.2) is 4.52 Å². The van der Waals surface area contributed by atoms with Gasteiger partial charge in [0.1, 0.15) is 0 Å². The molecule has 1 atom stereocenters. The average Bonchev–Trinajstić information content (AvgIpc) is 2.91. The third-order valence-corrected chi connectivity index (χ3v) is 2.76. The summed E-state index contributed by atoms with van der Waals surface area (Å²) in [5.41, 5.74) is 0. The average molecular weight is 205 g/mol. The van der Waals surface area contributed by atoms with Crippen molar-refractivity contribution in [2.24, 2.45) is 5.92 Å². The van der Waals surface area contributed by atoms with Gasteiger partial charge in [0.25, 0.3) is 0 Å². The number of hydrogen-bond donors (Lipinski definition) is 0. The monoisotopic (exact) mass is 205 g/mol. The van der Waals surface area contributed by atoms with Crippen LogP contribution in [0.3, 0.4) is 0 Å². The first-order chi connectivity index (χ1) is 7.29. The Labute approximate surface area is 89.3 Å². The van der Waals surface area contributed by atoms with Gasteiger partial charge < -0.3 is 4.52 Å². The molecule has 1 aliphatic carbocycles. The van der Waals surface area contributed by atoms with Crippen LogP contribution in [0.5, 0.6) is 0 Å². The fraction of sp³-hybridized carbons (Fsp3) is 0.727. The number of hydrogen-bond acceptors (Lipinski definition) is 4. The Morgan fingerprint density at radius 3 is 3.07 bits per heavy atom. The number of rotatable bonds is 5. The summed E-state index contributed by atoms with van der Waals surface area (Å²) in [5, 5.41) is 12.4. The predicted molar refractivity (Wildman–Crippen MR) is 54.0 cm³/mol. The van der Waals surface area contributed by atoms with E-state index in [9.17, 15) is 0 Å². The molecule has 1 aromatic rings. The van der Waals surface area contributed by atoms with Crippen molar-refractivity contribution in [3.8, 4) is 6.07 Å². The number of nitrogens with zero attached hydrogens (tertiary/aromatic N) is 3. The van der Waals surface area contributed by atoms with Gasteiger partial charge in [0, 0.05) is 18.8 Å². The van der Waals surface area contributed by atoms with Crippen molar-refractivity contribution in [1.29, 1.82) is 5.26 Å². The molecular weight excluding hydrogens is 190 g/mol. The lowest BCUT2D eigenvalue weighted by atomic mass is 10.1. The fourth-order valence-electron chi connectivity index (χ4n) is 1.54. The first kappa shape index (κ1) is 10.2. The predicted octanol–water partition coefficient (Wildman–Crippen LogP) is 2.43. The molecule has 0 saturated heterocycles. The Hall–Kier alpha value is -1.37. The van der Waals surface area contributed by atoms with Gasteiger partial charge in [-0.15, -0.1) is 0 Å². The van der Waals surface area contributed by atoms with E-state index >= 15 is 0 Å². The van der Waals surface area contributed by atoms with Gasteiger partial charge in [0.05, 0.1) is 6.07 Å². The molecule has 1 unspecified atom stereocenters. The second-order valence-electron chi connectivity index (χ2n) is 4.29. The van der Waals surface area contributed by atoms with Crippen LogP contribution >= 0.6 is 0 Å². The molecule has 1 fully saturated rings. The maximum absolute atomic E-state index is 8.48. The summed E-state index contributed by atoms with van der Waals surface area (Å²) in [6.45, 7) is 2.02. The molecular formula is C11H15N3O.